The number of hydrogen-bond donors (Lipinski definition) is 1. The fraction of sp³-hybridized carbons (Fsp3) is 0.0667. The van der Waals surface area contributed by atoms with Crippen molar-refractivity contribution in [2.24, 2.45) is 0 Å². The quantitative estimate of drug-likeness (QED) is 0.269. The molecule has 0 unspecified atom stereocenters. The molecule has 4 aromatic carbocycles. The summed E-state index contributed by atoms with van der Waals surface area (Å²) in [5.41, 5.74) is 4.16. The molecule has 1 N–H and O–H groups in total. The van der Waals surface area contributed by atoms with Crippen molar-refractivity contribution < 1.29 is 8.42 Å². The Morgan fingerprint density at radius 3 is 2.09 bits per heavy atom. The monoisotopic (exact) mass is 541 g/mol. The maximum Gasteiger partial charge on any atom is 0.241 e. The first-order valence-corrected chi connectivity index (χ1v) is 13.4. The zero-order chi connectivity index (χ0) is 24.7. The van der Waals surface area contributed by atoms with Gasteiger partial charge in [-0.2, -0.15) is 4.72 Å². The van der Waals surface area contributed by atoms with Crippen LogP contribution in [0.25, 0.3) is 6.08 Å². The lowest BCUT2D eigenvalue weighted by molar-refractivity contribution is 0.572. The van der Waals surface area contributed by atoms with Crippen LogP contribution in [0.2, 0.25) is 0 Å². The normalized spacial score (nSPS) is 12.5. The summed E-state index contributed by atoms with van der Waals surface area (Å²) in [6.07, 6.45) is 1.93. The predicted molar refractivity (Wildman–Crippen MR) is 146 cm³/mol. The van der Waals surface area contributed by atoms with Crippen LogP contribution in [-0.4, -0.2) is 8.42 Å². The van der Waals surface area contributed by atoms with Crippen LogP contribution in [0.3, 0.4) is 0 Å². The fourth-order valence-corrected chi connectivity index (χ4v) is 5.24. The molecule has 4 rings (SSSR count). The molecule has 174 valence electrons. The van der Waals surface area contributed by atoms with Crippen LogP contribution < -0.4 is 4.72 Å². The van der Waals surface area contributed by atoms with Crippen LogP contribution in [0.5, 0.6) is 0 Å². The van der Waals surface area contributed by atoms with Gasteiger partial charge in [-0.15, -0.1) is 0 Å². The molecule has 0 aliphatic heterocycles. The molecule has 0 saturated heterocycles. The minimum Gasteiger partial charge on any atom is -0.207 e. The van der Waals surface area contributed by atoms with Crippen molar-refractivity contribution in [1.82, 2.24) is 4.72 Å². The first kappa shape index (κ1) is 24.7. The van der Waals surface area contributed by atoms with Gasteiger partial charge in [-0.25, -0.2) is 8.42 Å². The topological polar surface area (TPSA) is 46.2 Å². The van der Waals surface area contributed by atoms with Crippen LogP contribution in [0.1, 0.15) is 28.3 Å². The highest BCUT2D eigenvalue weighted by Crippen LogP contribution is 2.31. The first-order valence-electron chi connectivity index (χ1n) is 11.1. The molecule has 0 aliphatic rings. The van der Waals surface area contributed by atoms with Gasteiger partial charge in [-0.3, -0.25) is 0 Å². The Bertz CT molecular complexity index is 1480. The molecule has 0 fully saturated rings. The Hall–Kier alpha value is -3.43. The third kappa shape index (κ3) is 6.58. The molecule has 35 heavy (non-hydrogen) atoms. The second-order valence-corrected chi connectivity index (χ2v) is 10.6. The van der Waals surface area contributed by atoms with E-state index in [4.69, 9.17) is 0 Å². The van der Waals surface area contributed by atoms with Gasteiger partial charge in [0.15, 0.2) is 0 Å². The third-order valence-corrected chi connectivity index (χ3v) is 7.54. The van der Waals surface area contributed by atoms with E-state index in [1.807, 2.05) is 97.9 Å². The number of sulfonamides is 1. The molecular formula is C30H24BrNO2S. The summed E-state index contributed by atoms with van der Waals surface area (Å²) in [6, 6.07) is 33.1. The van der Waals surface area contributed by atoms with Crippen molar-refractivity contribution >= 4 is 32.0 Å². The zero-order valence-corrected chi connectivity index (χ0v) is 21.6. The maximum atomic E-state index is 13.5. The molecule has 4 aromatic rings. The average Bonchev–Trinajstić information content (AvgIpc) is 2.87. The molecule has 0 bridgehead atoms. The summed E-state index contributed by atoms with van der Waals surface area (Å²) in [5, 5.41) is 0. The van der Waals surface area contributed by atoms with Crippen LogP contribution in [0, 0.1) is 18.8 Å². The van der Waals surface area contributed by atoms with Crippen molar-refractivity contribution in [3.8, 4) is 11.8 Å². The lowest BCUT2D eigenvalue weighted by atomic mass is 9.97. The molecule has 1 atom stereocenters. The molecule has 0 aliphatic carbocycles. The van der Waals surface area contributed by atoms with Gasteiger partial charge < -0.3 is 0 Å². The number of benzene rings is 4. The van der Waals surface area contributed by atoms with Gasteiger partial charge in [0.2, 0.25) is 10.0 Å². The Labute approximate surface area is 215 Å². The minimum absolute atomic E-state index is 0.204. The van der Waals surface area contributed by atoms with E-state index in [9.17, 15) is 8.42 Å². The van der Waals surface area contributed by atoms with E-state index < -0.39 is 16.1 Å². The van der Waals surface area contributed by atoms with Gasteiger partial charge in [0.25, 0.3) is 0 Å². The fourth-order valence-electron chi connectivity index (χ4n) is 3.53. The zero-order valence-electron chi connectivity index (χ0n) is 19.1. The molecule has 0 spiro atoms. The van der Waals surface area contributed by atoms with E-state index in [0.717, 1.165) is 26.7 Å². The van der Waals surface area contributed by atoms with Gasteiger partial charge in [-0.05, 0) is 54.5 Å². The molecule has 0 radical (unpaired) electrons. The smallest absolute Gasteiger partial charge is 0.207 e. The molecule has 0 amide bonds. The Kier molecular flexibility index (Phi) is 7.99. The number of rotatable bonds is 6. The first-order chi connectivity index (χ1) is 16.9. The van der Waals surface area contributed by atoms with Crippen LogP contribution in [0.4, 0.5) is 0 Å². The number of hydrogen-bond acceptors (Lipinski definition) is 2. The van der Waals surface area contributed by atoms with Crippen molar-refractivity contribution in [3.05, 3.63) is 141 Å². The van der Waals surface area contributed by atoms with Gasteiger partial charge in [0.1, 0.15) is 0 Å². The van der Waals surface area contributed by atoms with Crippen molar-refractivity contribution in [1.29, 1.82) is 0 Å². The molecule has 0 heterocycles. The second kappa shape index (κ2) is 11.3. The van der Waals surface area contributed by atoms with Crippen LogP contribution in [-0.2, 0) is 10.0 Å². The molecule has 0 saturated carbocycles. The average molecular weight is 542 g/mol. The predicted octanol–water partition coefficient (Wildman–Crippen LogP) is 6.91. The summed E-state index contributed by atoms with van der Waals surface area (Å²) >= 11 is 3.61. The Morgan fingerprint density at radius 1 is 0.829 bits per heavy atom. The summed E-state index contributed by atoms with van der Waals surface area (Å²) < 4.78 is 30.6. The van der Waals surface area contributed by atoms with E-state index in [0.29, 0.717) is 5.57 Å². The summed E-state index contributed by atoms with van der Waals surface area (Å²) in [5.74, 6) is 6.46. The number of aryl methyl sites for hydroxylation is 1. The van der Waals surface area contributed by atoms with Crippen molar-refractivity contribution in [2.45, 2.75) is 17.9 Å². The van der Waals surface area contributed by atoms with E-state index in [1.165, 1.54) is 0 Å². The molecule has 0 aromatic heterocycles. The Balaban J connectivity index is 1.86. The summed E-state index contributed by atoms with van der Waals surface area (Å²) in [4.78, 5) is 0.204. The highest BCUT2D eigenvalue weighted by Gasteiger charge is 2.25. The van der Waals surface area contributed by atoms with Crippen molar-refractivity contribution in [3.63, 3.8) is 0 Å². The molecular weight excluding hydrogens is 518 g/mol. The van der Waals surface area contributed by atoms with E-state index in [2.05, 4.69) is 32.5 Å². The second-order valence-electron chi connectivity index (χ2n) is 8.02. The van der Waals surface area contributed by atoms with Gasteiger partial charge in [0.05, 0.1) is 10.9 Å². The third-order valence-electron chi connectivity index (χ3n) is 5.38. The highest BCUT2D eigenvalue weighted by atomic mass is 79.9. The SMILES string of the molecule is Cc1ccc(S(=O)(=O)N[C@H](/C(C#Cc2ccccc2)=C/c2ccccc2)c2ccccc2Br)cc1. The number of halogens is 1. The highest BCUT2D eigenvalue weighted by molar-refractivity contribution is 9.10. The van der Waals surface area contributed by atoms with Gasteiger partial charge in [0, 0.05) is 15.6 Å². The Morgan fingerprint density at radius 2 is 1.43 bits per heavy atom. The van der Waals surface area contributed by atoms with E-state index >= 15 is 0 Å². The standard InChI is InChI=1S/C30H24BrNO2S/c1-23-16-20-27(21-17-23)35(33,34)32-30(28-14-8-9-15-29(28)31)26(22-25-12-6-3-7-13-25)19-18-24-10-4-2-5-11-24/h2-17,20-22,30,32H,1H3/b26-22+/t30-/m1/s1. The largest absolute Gasteiger partial charge is 0.241 e. The van der Waals surface area contributed by atoms with E-state index in [-0.39, 0.29) is 4.90 Å². The van der Waals surface area contributed by atoms with Crippen molar-refractivity contribution in [2.75, 3.05) is 0 Å². The van der Waals surface area contributed by atoms with Gasteiger partial charge >= 0.3 is 0 Å². The minimum atomic E-state index is -3.84. The van der Waals surface area contributed by atoms with E-state index in [1.54, 1.807) is 24.3 Å². The summed E-state index contributed by atoms with van der Waals surface area (Å²) in [7, 11) is -3.84. The maximum absolute atomic E-state index is 13.5. The molecule has 3 nitrogen and oxygen atoms in total. The lowest BCUT2D eigenvalue weighted by Crippen LogP contribution is -2.30. The van der Waals surface area contributed by atoms with Crippen LogP contribution in [0.15, 0.2) is 124 Å². The summed E-state index contributed by atoms with van der Waals surface area (Å²) in [6.45, 7) is 1.92. The van der Waals surface area contributed by atoms with Crippen LogP contribution >= 0.6 is 15.9 Å². The lowest BCUT2D eigenvalue weighted by Gasteiger charge is -2.21. The molecule has 5 heteroatoms. The van der Waals surface area contributed by atoms with Gasteiger partial charge in [-0.1, -0.05) is 112 Å². The number of nitrogens with one attached hydrogen (secondary N) is 1.